The summed E-state index contributed by atoms with van der Waals surface area (Å²) in [6.45, 7) is 13.1. The van der Waals surface area contributed by atoms with Crippen molar-refractivity contribution in [2.75, 3.05) is 19.6 Å². The van der Waals surface area contributed by atoms with E-state index in [1.54, 1.807) is 0 Å². The SMILES string of the molecule is CCC(CCN(CC=C(C)C)CC=C(C)C)(C(N)=O)c1cccc2ccccc12.Cl. The highest BCUT2D eigenvalue weighted by Gasteiger charge is 2.38. The number of rotatable bonds is 10. The Morgan fingerprint density at radius 2 is 1.53 bits per heavy atom. The molecule has 0 saturated carbocycles. The highest BCUT2D eigenvalue weighted by Crippen LogP contribution is 2.36. The molecule has 4 heteroatoms. The minimum absolute atomic E-state index is 0. The molecule has 30 heavy (non-hydrogen) atoms. The molecule has 1 amide bonds. The lowest BCUT2D eigenvalue weighted by Gasteiger charge is -2.33. The summed E-state index contributed by atoms with van der Waals surface area (Å²) in [5.41, 5.74) is 9.04. The maximum Gasteiger partial charge on any atom is 0.228 e. The van der Waals surface area contributed by atoms with Crippen molar-refractivity contribution in [2.45, 2.75) is 52.9 Å². The van der Waals surface area contributed by atoms with Crippen molar-refractivity contribution >= 4 is 29.1 Å². The molecule has 0 heterocycles. The van der Waals surface area contributed by atoms with E-state index >= 15 is 0 Å². The predicted octanol–water partition coefficient (Wildman–Crippen LogP) is 6.02. The zero-order valence-electron chi connectivity index (χ0n) is 19.1. The molecule has 0 saturated heterocycles. The summed E-state index contributed by atoms with van der Waals surface area (Å²) < 4.78 is 0. The van der Waals surface area contributed by atoms with Gasteiger partial charge in [-0.25, -0.2) is 0 Å². The van der Waals surface area contributed by atoms with Crippen LogP contribution in [0, 0.1) is 0 Å². The van der Waals surface area contributed by atoms with E-state index < -0.39 is 5.41 Å². The van der Waals surface area contributed by atoms with Gasteiger partial charge in [0.2, 0.25) is 5.91 Å². The minimum atomic E-state index is -0.672. The van der Waals surface area contributed by atoms with Gasteiger partial charge in [0.1, 0.15) is 0 Å². The van der Waals surface area contributed by atoms with Crippen LogP contribution in [0.4, 0.5) is 0 Å². The van der Waals surface area contributed by atoms with Gasteiger partial charge in [-0.3, -0.25) is 9.69 Å². The van der Waals surface area contributed by atoms with E-state index in [9.17, 15) is 4.79 Å². The number of benzene rings is 2. The van der Waals surface area contributed by atoms with Crippen LogP contribution >= 0.6 is 12.4 Å². The summed E-state index contributed by atoms with van der Waals surface area (Å²) in [4.78, 5) is 15.2. The maximum atomic E-state index is 12.8. The number of allylic oxidation sites excluding steroid dienone is 2. The van der Waals surface area contributed by atoms with Crippen LogP contribution < -0.4 is 5.73 Å². The minimum Gasteiger partial charge on any atom is -0.369 e. The van der Waals surface area contributed by atoms with Crippen LogP contribution in [-0.2, 0) is 10.2 Å². The number of fused-ring (bicyclic) bond motifs is 1. The molecule has 1 unspecified atom stereocenters. The second-order valence-electron chi connectivity index (χ2n) is 8.40. The molecule has 2 N–H and O–H groups in total. The van der Waals surface area contributed by atoms with Gasteiger partial charge < -0.3 is 5.73 Å². The molecule has 2 aromatic carbocycles. The number of halogens is 1. The van der Waals surface area contributed by atoms with Crippen LogP contribution in [0.2, 0.25) is 0 Å². The molecular formula is C26H37ClN2O. The van der Waals surface area contributed by atoms with Crippen molar-refractivity contribution in [3.8, 4) is 0 Å². The Bertz CT molecular complexity index is 870. The highest BCUT2D eigenvalue weighted by atomic mass is 35.5. The normalized spacial score (nSPS) is 12.7. The van der Waals surface area contributed by atoms with Crippen LogP contribution in [0.1, 0.15) is 53.0 Å². The third-order valence-electron chi connectivity index (χ3n) is 5.75. The molecule has 3 nitrogen and oxygen atoms in total. The summed E-state index contributed by atoms with van der Waals surface area (Å²) in [7, 11) is 0. The molecule has 0 aliphatic rings. The van der Waals surface area contributed by atoms with Crippen molar-refractivity contribution in [3.63, 3.8) is 0 Å². The number of nitrogens with zero attached hydrogens (tertiary/aromatic N) is 1. The number of primary amides is 1. The molecule has 0 radical (unpaired) electrons. The van der Waals surface area contributed by atoms with Gasteiger partial charge in [-0.2, -0.15) is 0 Å². The Morgan fingerprint density at radius 1 is 0.967 bits per heavy atom. The van der Waals surface area contributed by atoms with Crippen molar-refractivity contribution < 1.29 is 4.79 Å². The van der Waals surface area contributed by atoms with Gasteiger partial charge in [-0.15, -0.1) is 12.4 Å². The Balaban J connectivity index is 0.00000450. The van der Waals surface area contributed by atoms with Crippen LogP contribution in [0.3, 0.4) is 0 Å². The first-order valence-electron chi connectivity index (χ1n) is 10.6. The van der Waals surface area contributed by atoms with Gasteiger partial charge in [0.15, 0.2) is 0 Å². The Kier molecular flexibility index (Phi) is 10.3. The quantitative estimate of drug-likeness (QED) is 0.470. The van der Waals surface area contributed by atoms with Crippen LogP contribution in [0.25, 0.3) is 10.8 Å². The fourth-order valence-corrected chi connectivity index (χ4v) is 3.80. The van der Waals surface area contributed by atoms with Gasteiger partial charge in [0.25, 0.3) is 0 Å². The van der Waals surface area contributed by atoms with Crippen molar-refractivity contribution in [3.05, 3.63) is 71.3 Å². The van der Waals surface area contributed by atoms with E-state index in [1.807, 2.05) is 18.2 Å². The topological polar surface area (TPSA) is 46.3 Å². The lowest BCUT2D eigenvalue weighted by atomic mass is 9.73. The molecule has 2 rings (SSSR count). The Morgan fingerprint density at radius 3 is 2.07 bits per heavy atom. The molecular weight excluding hydrogens is 392 g/mol. The third kappa shape index (κ3) is 6.45. The first kappa shape index (κ1) is 25.9. The molecule has 0 aliphatic carbocycles. The van der Waals surface area contributed by atoms with E-state index in [0.29, 0.717) is 12.8 Å². The van der Waals surface area contributed by atoms with Gasteiger partial charge in [-0.05, 0) is 56.9 Å². The van der Waals surface area contributed by atoms with Crippen molar-refractivity contribution in [2.24, 2.45) is 5.73 Å². The van der Waals surface area contributed by atoms with Crippen molar-refractivity contribution in [1.29, 1.82) is 0 Å². The first-order valence-corrected chi connectivity index (χ1v) is 10.6. The van der Waals surface area contributed by atoms with Crippen molar-refractivity contribution in [1.82, 2.24) is 4.90 Å². The Hall–Kier alpha value is -2.10. The van der Waals surface area contributed by atoms with Gasteiger partial charge >= 0.3 is 0 Å². The monoisotopic (exact) mass is 428 g/mol. The molecule has 164 valence electrons. The zero-order valence-corrected chi connectivity index (χ0v) is 19.9. The zero-order chi connectivity index (χ0) is 21.4. The van der Waals surface area contributed by atoms with Gasteiger partial charge in [-0.1, -0.05) is 72.7 Å². The summed E-state index contributed by atoms with van der Waals surface area (Å²) in [6, 6.07) is 14.5. The Labute approximate surface area is 188 Å². The summed E-state index contributed by atoms with van der Waals surface area (Å²) in [5, 5.41) is 2.27. The van der Waals surface area contributed by atoms with Gasteiger partial charge in [0.05, 0.1) is 5.41 Å². The number of amides is 1. The second-order valence-corrected chi connectivity index (χ2v) is 8.40. The fraction of sp³-hybridized carbons (Fsp3) is 0.423. The summed E-state index contributed by atoms with van der Waals surface area (Å²) in [6.07, 6.45) is 5.89. The predicted molar refractivity (Wildman–Crippen MR) is 132 cm³/mol. The standard InChI is InChI=1S/C26H36N2O.ClH/c1-6-26(25(27)29,24-13-9-11-22-10-7-8-12-23(22)24)16-19-28(17-14-20(2)3)18-15-21(4)5;/h7-15H,6,16-19H2,1-5H3,(H2,27,29);1H. The number of nitrogens with two attached hydrogens (primary N) is 1. The van der Waals surface area contributed by atoms with Crippen LogP contribution in [0.5, 0.6) is 0 Å². The molecule has 1 atom stereocenters. The molecule has 0 aromatic heterocycles. The van der Waals surface area contributed by atoms with E-state index in [-0.39, 0.29) is 18.3 Å². The molecule has 0 aliphatic heterocycles. The molecule has 0 bridgehead atoms. The summed E-state index contributed by atoms with van der Waals surface area (Å²) in [5.74, 6) is -0.235. The first-order chi connectivity index (χ1) is 13.8. The second kappa shape index (κ2) is 11.9. The lowest BCUT2D eigenvalue weighted by molar-refractivity contribution is -0.124. The number of hydrogen-bond donors (Lipinski definition) is 1. The molecule has 0 spiro atoms. The molecule has 2 aromatic rings. The van der Waals surface area contributed by atoms with Gasteiger partial charge in [0, 0.05) is 19.6 Å². The lowest BCUT2D eigenvalue weighted by Crippen LogP contribution is -2.44. The third-order valence-corrected chi connectivity index (χ3v) is 5.75. The largest absolute Gasteiger partial charge is 0.369 e. The average Bonchev–Trinajstić information content (AvgIpc) is 2.69. The average molecular weight is 429 g/mol. The number of hydrogen-bond acceptors (Lipinski definition) is 2. The number of carbonyl (C=O) groups excluding carboxylic acids is 1. The van der Waals surface area contributed by atoms with E-state index in [0.717, 1.165) is 36.0 Å². The summed E-state index contributed by atoms with van der Waals surface area (Å²) >= 11 is 0. The smallest absolute Gasteiger partial charge is 0.228 e. The number of carbonyl (C=O) groups is 1. The van der Waals surface area contributed by atoms with Crippen LogP contribution in [0.15, 0.2) is 65.8 Å². The fourth-order valence-electron chi connectivity index (χ4n) is 3.80. The maximum absolute atomic E-state index is 12.8. The molecule has 0 fully saturated rings. The highest BCUT2D eigenvalue weighted by molar-refractivity contribution is 5.95. The van der Waals surface area contributed by atoms with E-state index in [4.69, 9.17) is 5.73 Å². The van der Waals surface area contributed by atoms with E-state index in [2.05, 4.69) is 75.9 Å². The van der Waals surface area contributed by atoms with Crippen LogP contribution in [-0.4, -0.2) is 30.4 Å². The van der Waals surface area contributed by atoms with E-state index in [1.165, 1.54) is 11.1 Å².